The zero-order valence-corrected chi connectivity index (χ0v) is 8.83. The van der Waals surface area contributed by atoms with Crippen molar-refractivity contribution in [2.75, 3.05) is 13.2 Å². The summed E-state index contributed by atoms with van der Waals surface area (Å²) in [4.78, 5) is 11.4. The first kappa shape index (κ1) is 11.0. The lowest BCUT2D eigenvalue weighted by Crippen LogP contribution is -2.13. The molecule has 0 aromatic carbocycles. The number of ether oxygens (including phenoxy) is 3. The highest BCUT2D eigenvalue weighted by Crippen LogP contribution is 2.26. The minimum absolute atomic E-state index is 0.299. The molecule has 0 spiro atoms. The van der Waals surface area contributed by atoms with Crippen molar-refractivity contribution in [3.63, 3.8) is 0 Å². The monoisotopic (exact) mass is 200 g/mol. The lowest BCUT2D eigenvalue weighted by Gasteiger charge is -2.10. The summed E-state index contributed by atoms with van der Waals surface area (Å²) in [7, 11) is 0. The molecule has 14 heavy (non-hydrogen) atoms. The summed E-state index contributed by atoms with van der Waals surface area (Å²) in [6.45, 7) is 6.39. The molecule has 0 aromatic rings. The fourth-order valence-corrected chi connectivity index (χ4v) is 1.34. The number of esters is 1. The Labute approximate surface area is 83.8 Å². The first-order chi connectivity index (χ1) is 6.69. The van der Waals surface area contributed by atoms with E-state index in [0.29, 0.717) is 31.0 Å². The highest BCUT2D eigenvalue weighted by Gasteiger charge is 2.28. The molecule has 1 aliphatic heterocycles. The Bertz CT molecular complexity index is 245. The van der Waals surface area contributed by atoms with Crippen molar-refractivity contribution in [3.05, 3.63) is 11.3 Å². The Hall–Kier alpha value is -1.03. The number of carbonyl (C=O) groups excluding carboxylic acids is 1. The molecule has 0 amide bonds. The molecule has 80 valence electrons. The van der Waals surface area contributed by atoms with E-state index in [9.17, 15) is 4.79 Å². The molecule has 0 aromatic heterocycles. The Morgan fingerprint density at radius 1 is 1.50 bits per heavy atom. The number of hydrogen-bond donors (Lipinski definition) is 0. The van der Waals surface area contributed by atoms with Crippen LogP contribution in [-0.2, 0) is 19.0 Å². The number of allylic oxidation sites excluding steroid dienone is 1. The quantitative estimate of drug-likeness (QED) is 0.647. The normalized spacial score (nSPS) is 20.9. The summed E-state index contributed by atoms with van der Waals surface area (Å²) in [6.07, 6.45) is 0.165. The zero-order valence-electron chi connectivity index (χ0n) is 8.83. The van der Waals surface area contributed by atoms with Crippen molar-refractivity contribution in [3.8, 4) is 0 Å². The van der Waals surface area contributed by atoms with Crippen LogP contribution in [0.3, 0.4) is 0 Å². The molecule has 1 heterocycles. The molecule has 1 aliphatic rings. The molecule has 1 atom stereocenters. The van der Waals surface area contributed by atoms with Crippen molar-refractivity contribution >= 4 is 5.97 Å². The van der Waals surface area contributed by atoms with Gasteiger partial charge >= 0.3 is 5.97 Å². The number of carbonyl (C=O) groups is 1. The molecule has 0 saturated carbocycles. The lowest BCUT2D eigenvalue weighted by molar-refractivity contribution is -0.139. The Kier molecular flexibility index (Phi) is 3.95. The van der Waals surface area contributed by atoms with Crippen LogP contribution in [0, 0.1) is 0 Å². The number of rotatable bonds is 4. The van der Waals surface area contributed by atoms with E-state index in [1.165, 1.54) is 0 Å². The van der Waals surface area contributed by atoms with Gasteiger partial charge in [-0.3, -0.25) is 0 Å². The molecular formula is C10H16O4. The molecule has 0 N–H and O–H groups in total. The molecule has 0 fully saturated rings. The largest absolute Gasteiger partial charge is 0.469 e. The second-order valence-electron chi connectivity index (χ2n) is 2.96. The van der Waals surface area contributed by atoms with E-state index >= 15 is 0 Å². The van der Waals surface area contributed by atoms with Crippen LogP contribution in [0.4, 0.5) is 0 Å². The van der Waals surface area contributed by atoms with Gasteiger partial charge in [-0.25, -0.2) is 4.79 Å². The van der Waals surface area contributed by atoms with E-state index < -0.39 is 0 Å². The van der Waals surface area contributed by atoms with E-state index in [0.717, 1.165) is 0 Å². The van der Waals surface area contributed by atoms with Crippen molar-refractivity contribution in [2.45, 2.75) is 33.5 Å². The van der Waals surface area contributed by atoms with Crippen LogP contribution in [0.15, 0.2) is 11.3 Å². The lowest BCUT2D eigenvalue weighted by atomic mass is 10.2. The van der Waals surface area contributed by atoms with E-state index in [2.05, 4.69) is 0 Å². The third-order valence-corrected chi connectivity index (χ3v) is 1.98. The van der Waals surface area contributed by atoms with Crippen LogP contribution in [-0.4, -0.2) is 25.5 Å². The van der Waals surface area contributed by atoms with Crippen LogP contribution >= 0.6 is 0 Å². The SMILES string of the molecule is CCOC(=O)C1=C(C)OC(OCC)C1. The molecular weight excluding hydrogens is 184 g/mol. The molecule has 0 aliphatic carbocycles. The molecule has 0 bridgehead atoms. The van der Waals surface area contributed by atoms with Gasteiger partial charge in [0.1, 0.15) is 5.76 Å². The average Bonchev–Trinajstić information content (AvgIpc) is 2.48. The van der Waals surface area contributed by atoms with Gasteiger partial charge in [-0.1, -0.05) is 0 Å². The van der Waals surface area contributed by atoms with Crippen molar-refractivity contribution < 1.29 is 19.0 Å². The summed E-state index contributed by atoms with van der Waals surface area (Å²) in [6, 6.07) is 0. The van der Waals surface area contributed by atoms with Crippen molar-refractivity contribution in [2.24, 2.45) is 0 Å². The molecule has 0 radical (unpaired) electrons. The van der Waals surface area contributed by atoms with Crippen LogP contribution in [0.1, 0.15) is 27.2 Å². The minimum Gasteiger partial charge on any atom is -0.469 e. The standard InChI is InChI=1S/C10H16O4/c1-4-12-9-6-8(7(3)14-9)10(11)13-5-2/h9H,4-6H2,1-3H3. The number of hydrogen-bond acceptors (Lipinski definition) is 4. The van der Waals surface area contributed by atoms with Crippen LogP contribution in [0.25, 0.3) is 0 Å². The Balaban J connectivity index is 2.53. The van der Waals surface area contributed by atoms with Gasteiger partial charge in [0, 0.05) is 13.0 Å². The van der Waals surface area contributed by atoms with Gasteiger partial charge in [-0.05, 0) is 20.8 Å². The fourth-order valence-electron chi connectivity index (χ4n) is 1.34. The Morgan fingerprint density at radius 3 is 2.79 bits per heavy atom. The summed E-state index contributed by atoms with van der Waals surface area (Å²) in [5.41, 5.74) is 0.588. The minimum atomic E-state index is -0.320. The first-order valence-electron chi connectivity index (χ1n) is 4.84. The maximum Gasteiger partial charge on any atom is 0.337 e. The van der Waals surface area contributed by atoms with Gasteiger partial charge in [0.05, 0.1) is 12.2 Å². The summed E-state index contributed by atoms with van der Waals surface area (Å²) < 4.78 is 15.5. The zero-order chi connectivity index (χ0) is 10.6. The highest BCUT2D eigenvalue weighted by molar-refractivity contribution is 5.89. The van der Waals surface area contributed by atoms with Crippen molar-refractivity contribution in [1.29, 1.82) is 0 Å². The molecule has 4 heteroatoms. The Morgan fingerprint density at radius 2 is 2.21 bits per heavy atom. The highest BCUT2D eigenvalue weighted by atomic mass is 16.7. The maximum absolute atomic E-state index is 11.4. The molecule has 1 rings (SSSR count). The van der Waals surface area contributed by atoms with E-state index in [-0.39, 0.29) is 12.3 Å². The van der Waals surface area contributed by atoms with E-state index in [1.807, 2.05) is 6.92 Å². The third-order valence-electron chi connectivity index (χ3n) is 1.98. The van der Waals surface area contributed by atoms with Gasteiger partial charge in [0.25, 0.3) is 0 Å². The molecule has 4 nitrogen and oxygen atoms in total. The second-order valence-corrected chi connectivity index (χ2v) is 2.96. The predicted octanol–water partition coefficient (Wildman–Crippen LogP) is 1.61. The van der Waals surface area contributed by atoms with E-state index in [4.69, 9.17) is 14.2 Å². The smallest absolute Gasteiger partial charge is 0.337 e. The van der Waals surface area contributed by atoms with Crippen LogP contribution in [0.5, 0.6) is 0 Å². The third kappa shape index (κ3) is 2.48. The summed E-state index contributed by atoms with van der Waals surface area (Å²) in [5, 5.41) is 0. The van der Waals surface area contributed by atoms with Gasteiger partial charge in [0.2, 0.25) is 6.29 Å². The second kappa shape index (κ2) is 5.00. The molecule has 1 unspecified atom stereocenters. The average molecular weight is 200 g/mol. The fraction of sp³-hybridized carbons (Fsp3) is 0.700. The van der Waals surface area contributed by atoms with Gasteiger partial charge in [-0.2, -0.15) is 0 Å². The van der Waals surface area contributed by atoms with Crippen LogP contribution < -0.4 is 0 Å². The predicted molar refractivity (Wildman–Crippen MR) is 50.4 cm³/mol. The van der Waals surface area contributed by atoms with E-state index in [1.54, 1.807) is 13.8 Å². The van der Waals surface area contributed by atoms with Crippen LogP contribution in [0.2, 0.25) is 0 Å². The summed E-state index contributed by atoms with van der Waals surface area (Å²) in [5.74, 6) is 0.314. The van der Waals surface area contributed by atoms with Gasteiger partial charge < -0.3 is 14.2 Å². The maximum atomic E-state index is 11.4. The van der Waals surface area contributed by atoms with Crippen molar-refractivity contribution in [1.82, 2.24) is 0 Å². The topological polar surface area (TPSA) is 44.8 Å². The summed E-state index contributed by atoms with van der Waals surface area (Å²) >= 11 is 0. The first-order valence-corrected chi connectivity index (χ1v) is 4.84. The molecule has 0 saturated heterocycles. The van der Waals surface area contributed by atoms with Gasteiger partial charge in [0.15, 0.2) is 0 Å². The van der Waals surface area contributed by atoms with Gasteiger partial charge in [-0.15, -0.1) is 0 Å².